The lowest BCUT2D eigenvalue weighted by Crippen LogP contribution is -2.46. The fourth-order valence-corrected chi connectivity index (χ4v) is 2.61. The summed E-state index contributed by atoms with van der Waals surface area (Å²) in [5.74, 6) is -0.255. The number of amides is 1. The van der Waals surface area contributed by atoms with E-state index in [1.165, 1.54) is 0 Å². The van der Waals surface area contributed by atoms with Gasteiger partial charge in [0.2, 0.25) is 5.91 Å². The predicted octanol–water partition coefficient (Wildman–Crippen LogP) is 1.75. The number of anilines is 1. The molecule has 21 heavy (non-hydrogen) atoms. The van der Waals surface area contributed by atoms with E-state index in [0.717, 1.165) is 38.3 Å². The molecule has 0 unspecified atom stereocenters. The Hall–Kier alpha value is -1.41. The van der Waals surface area contributed by atoms with Crippen LogP contribution in [0.1, 0.15) is 0 Å². The Bertz CT molecular complexity index is 538. The largest absolute Gasteiger partial charge is 0.322 e. The number of nitro benzene ring substituents is 1. The molecule has 0 bridgehead atoms. The summed E-state index contributed by atoms with van der Waals surface area (Å²) >= 11 is 11.9. The van der Waals surface area contributed by atoms with Crippen LogP contribution in [0.15, 0.2) is 12.1 Å². The van der Waals surface area contributed by atoms with Crippen molar-refractivity contribution < 1.29 is 9.72 Å². The van der Waals surface area contributed by atoms with Crippen LogP contribution in [0.5, 0.6) is 0 Å². The number of nitrogens with zero attached hydrogens (tertiary/aromatic N) is 2. The molecule has 1 aliphatic rings. The van der Waals surface area contributed by atoms with E-state index in [2.05, 4.69) is 10.6 Å². The minimum absolute atomic E-state index is 0.0443. The molecule has 1 aromatic carbocycles. The Morgan fingerprint density at radius 2 is 1.90 bits per heavy atom. The lowest BCUT2D eigenvalue weighted by atomic mass is 10.2. The van der Waals surface area contributed by atoms with E-state index >= 15 is 0 Å². The molecule has 2 N–H and O–H groups in total. The number of halogens is 2. The molecule has 1 saturated heterocycles. The molecule has 1 aromatic rings. The van der Waals surface area contributed by atoms with Crippen LogP contribution in [-0.2, 0) is 4.79 Å². The Morgan fingerprint density at radius 3 is 2.43 bits per heavy atom. The van der Waals surface area contributed by atoms with Crippen molar-refractivity contribution in [2.75, 3.05) is 38.0 Å². The van der Waals surface area contributed by atoms with Gasteiger partial charge in [-0.15, -0.1) is 0 Å². The van der Waals surface area contributed by atoms with Crippen molar-refractivity contribution in [3.05, 3.63) is 32.3 Å². The zero-order valence-corrected chi connectivity index (χ0v) is 12.6. The van der Waals surface area contributed by atoms with Crippen LogP contribution in [0.2, 0.25) is 10.0 Å². The molecular weight excluding hydrogens is 319 g/mol. The maximum Gasteiger partial charge on any atom is 0.272 e. The number of carbonyl (C=O) groups excluding carboxylic acids is 1. The van der Waals surface area contributed by atoms with Crippen LogP contribution < -0.4 is 10.6 Å². The summed E-state index contributed by atoms with van der Waals surface area (Å²) in [5, 5.41) is 16.6. The Morgan fingerprint density at radius 1 is 1.33 bits per heavy atom. The van der Waals surface area contributed by atoms with Crippen molar-refractivity contribution in [2.24, 2.45) is 0 Å². The highest BCUT2D eigenvalue weighted by Crippen LogP contribution is 2.34. The van der Waals surface area contributed by atoms with Gasteiger partial charge in [-0.25, -0.2) is 0 Å². The molecule has 1 amide bonds. The van der Waals surface area contributed by atoms with Crippen molar-refractivity contribution in [3.8, 4) is 0 Å². The highest BCUT2D eigenvalue weighted by atomic mass is 35.5. The molecule has 0 radical (unpaired) electrons. The van der Waals surface area contributed by atoms with Crippen LogP contribution >= 0.6 is 23.2 Å². The molecule has 114 valence electrons. The van der Waals surface area contributed by atoms with Crippen molar-refractivity contribution in [1.82, 2.24) is 10.2 Å². The minimum atomic E-state index is -0.593. The zero-order chi connectivity index (χ0) is 15.4. The molecule has 1 fully saturated rings. The standard InChI is InChI=1S/C12H14Cl2N4O3/c13-9-5-8(18(20)21)6-10(14)12(9)16-11(19)7-17-3-1-15-2-4-17/h5-6,15H,1-4,7H2,(H,16,19). The highest BCUT2D eigenvalue weighted by molar-refractivity contribution is 6.40. The molecule has 0 aromatic heterocycles. The van der Waals surface area contributed by atoms with Crippen LogP contribution in [0.4, 0.5) is 11.4 Å². The van der Waals surface area contributed by atoms with E-state index < -0.39 is 4.92 Å². The monoisotopic (exact) mass is 332 g/mol. The van der Waals surface area contributed by atoms with E-state index in [0.29, 0.717) is 0 Å². The van der Waals surface area contributed by atoms with Crippen LogP contribution in [-0.4, -0.2) is 48.5 Å². The normalized spacial score (nSPS) is 15.7. The number of rotatable bonds is 4. The van der Waals surface area contributed by atoms with Gasteiger partial charge in [-0.3, -0.25) is 19.8 Å². The number of hydrogen-bond donors (Lipinski definition) is 2. The Labute approximate surface area is 131 Å². The maximum atomic E-state index is 12.0. The van der Waals surface area contributed by atoms with Gasteiger partial charge in [0.1, 0.15) is 0 Å². The summed E-state index contributed by atoms with van der Waals surface area (Å²) in [7, 11) is 0. The van der Waals surface area contributed by atoms with Crippen LogP contribution in [0.25, 0.3) is 0 Å². The van der Waals surface area contributed by atoms with Gasteiger partial charge in [-0.1, -0.05) is 23.2 Å². The summed E-state index contributed by atoms with van der Waals surface area (Å²) in [4.78, 5) is 24.1. The molecule has 1 heterocycles. The topological polar surface area (TPSA) is 87.5 Å². The first kappa shape index (κ1) is 16.0. The number of hydrogen-bond acceptors (Lipinski definition) is 5. The van der Waals surface area contributed by atoms with Gasteiger partial charge in [-0.2, -0.15) is 0 Å². The van der Waals surface area contributed by atoms with Gasteiger partial charge in [0.15, 0.2) is 0 Å². The van der Waals surface area contributed by atoms with Crippen LogP contribution in [0, 0.1) is 10.1 Å². The van der Waals surface area contributed by atoms with Crippen LogP contribution in [0.3, 0.4) is 0 Å². The predicted molar refractivity (Wildman–Crippen MR) is 81.1 cm³/mol. The van der Waals surface area contributed by atoms with Gasteiger partial charge < -0.3 is 10.6 Å². The van der Waals surface area contributed by atoms with Crippen molar-refractivity contribution >= 4 is 40.5 Å². The van der Waals surface area contributed by atoms with E-state index in [-0.39, 0.29) is 33.9 Å². The van der Waals surface area contributed by atoms with Gasteiger partial charge in [0.25, 0.3) is 5.69 Å². The molecule has 0 aliphatic carbocycles. The molecule has 2 rings (SSSR count). The molecule has 1 aliphatic heterocycles. The fraction of sp³-hybridized carbons (Fsp3) is 0.417. The lowest BCUT2D eigenvalue weighted by Gasteiger charge is -2.26. The summed E-state index contributed by atoms with van der Waals surface area (Å²) in [5.41, 5.74) is -0.0193. The van der Waals surface area contributed by atoms with E-state index in [4.69, 9.17) is 23.2 Å². The first-order valence-electron chi connectivity index (χ1n) is 6.33. The minimum Gasteiger partial charge on any atom is -0.322 e. The Balaban J connectivity index is 2.04. The second-order valence-electron chi connectivity index (χ2n) is 4.62. The number of piperazine rings is 1. The molecule has 7 nitrogen and oxygen atoms in total. The Kier molecular flexibility index (Phi) is 5.35. The third-order valence-corrected chi connectivity index (χ3v) is 3.68. The summed E-state index contributed by atoms with van der Waals surface area (Å²) in [6.45, 7) is 3.48. The summed E-state index contributed by atoms with van der Waals surface area (Å²) in [6, 6.07) is 2.32. The SMILES string of the molecule is O=C(CN1CCNCC1)Nc1c(Cl)cc([N+](=O)[O-])cc1Cl. The number of carbonyl (C=O) groups is 1. The second-order valence-corrected chi connectivity index (χ2v) is 5.43. The molecule has 0 saturated carbocycles. The van der Waals surface area contributed by atoms with E-state index in [1.54, 1.807) is 0 Å². The quantitative estimate of drug-likeness (QED) is 0.647. The zero-order valence-electron chi connectivity index (χ0n) is 11.1. The third kappa shape index (κ3) is 4.28. The third-order valence-electron chi connectivity index (χ3n) is 3.08. The lowest BCUT2D eigenvalue weighted by molar-refractivity contribution is -0.384. The molecule has 0 atom stereocenters. The first-order valence-corrected chi connectivity index (χ1v) is 7.09. The van der Waals surface area contributed by atoms with Crippen molar-refractivity contribution in [1.29, 1.82) is 0 Å². The summed E-state index contributed by atoms with van der Waals surface area (Å²) in [6.07, 6.45) is 0. The fourth-order valence-electron chi connectivity index (χ4n) is 2.04. The van der Waals surface area contributed by atoms with E-state index in [9.17, 15) is 14.9 Å². The number of benzene rings is 1. The van der Waals surface area contributed by atoms with Gasteiger partial charge in [-0.05, 0) is 0 Å². The second kappa shape index (κ2) is 7.04. The molecule has 9 heteroatoms. The van der Waals surface area contributed by atoms with Gasteiger partial charge >= 0.3 is 0 Å². The number of nitro groups is 1. The highest BCUT2D eigenvalue weighted by Gasteiger charge is 2.18. The smallest absolute Gasteiger partial charge is 0.272 e. The van der Waals surface area contributed by atoms with Crippen molar-refractivity contribution in [2.45, 2.75) is 0 Å². The average molecular weight is 333 g/mol. The number of nitrogens with one attached hydrogen (secondary N) is 2. The molecule has 0 spiro atoms. The molecular formula is C12H14Cl2N4O3. The van der Waals surface area contributed by atoms with Crippen molar-refractivity contribution in [3.63, 3.8) is 0 Å². The van der Waals surface area contributed by atoms with E-state index in [1.807, 2.05) is 4.90 Å². The summed E-state index contributed by atoms with van der Waals surface area (Å²) < 4.78 is 0. The average Bonchev–Trinajstić information content (AvgIpc) is 2.43. The number of non-ortho nitro benzene ring substituents is 1. The van der Waals surface area contributed by atoms with Gasteiger partial charge in [0, 0.05) is 38.3 Å². The van der Waals surface area contributed by atoms with Gasteiger partial charge in [0.05, 0.1) is 27.2 Å². The first-order chi connectivity index (χ1) is 9.97. The maximum absolute atomic E-state index is 12.0.